The number of amides is 5. The van der Waals surface area contributed by atoms with Crippen molar-refractivity contribution in [1.82, 2.24) is 150 Å². The molecular weight excluding hydrogens is 1910 g/mol. The van der Waals surface area contributed by atoms with Gasteiger partial charge in [-0.25, -0.2) is 117 Å². The Morgan fingerprint density at radius 2 is 0.824 bits per heavy atom. The Morgan fingerprint density at radius 1 is 0.437 bits per heavy atom. The van der Waals surface area contributed by atoms with Crippen molar-refractivity contribution in [2.24, 2.45) is 0 Å². The van der Waals surface area contributed by atoms with Crippen LogP contribution in [0.4, 0.5) is 99.3 Å². The molecule has 1 unspecified atom stereocenters. The van der Waals surface area contributed by atoms with E-state index in [4.69, 9.17) is 0 Å². The van der Waals surface area contributed by atoms with Crippen molar-refractivity contribution in [3.63, 3.8) is 0 Å². The summed E-state index contributed by atoms with van der Waals surface area (Å²) in [6, 6.07) is 6.64. The number of benzene rings is 1. The van der Waals surface area contributed by atoms with Gasteiger partial charge in [0, 0.05) is 155 Å². The first-order valence-corrected chi connectivity index (χ1v) is 42.2. The second-order valence-electron chi connectivity index (χ2n) is 32.7. The average molecular weight is 1990 g/mol. The Morgan fingerprint density at radius 3 is 1.27 bits per heavy atom. The van der Waals surface area contributed by atoms with Gasteiger partial charge >= 0.3 is 24.7 Å². The highest BCUT2D eigenvalue weighted by molar-refractivity contribution is 5.99. The van der Waals surface area contributed by atoms with Crippen molar-refractivity contribution < 1.29 is 94.2 Å². The Bertz CT molecular complexity index is 7220. The first kappa shape index (κ1) is 103. The number of nitrogens with one attached hydrogen (secondary N) is 12. The van der Waals surface area contributed by atoms with Gasteiger partial charge in [-0.3, -0.25) is 24.0 Å². The molecule has 744 valence electrons. The van der Waals surface area contributed by atoms with Crippen LogP contribution in [0.25, 0.3) is 123 Å². The Hall–Kier alpha value is -16.8. The number of hydrogen-bond donors (Lipinski definition) is 12. The van der Waals surface area contributed by atoms with Crippen molar-refractivity contribution in [3.05, 3.63) is 166 Å². The zero-order valence-corrected chi connectivity index (χ0v) is 75.7. The highest BCUT2D eigenvalue weighted by atomic mass is 19.4. The molecule has 5 amide bonds. The molecule has 0 radical (unpaired) electrons. The molecule has 1 aliphatic rings. The van der Waals surface area contributed by atoms with Crippen LogP contribution in [0.15, 0.2) is 149 Å². The molecule has 16 heterocycles. The van der Waals surface area contributed by atoms with Gasteiger partial charge in [0.2, 0.25) is 29.5 Å². The summed E-state index contributed by atoms with van der Waals surface area (Å²) in [6.07, 6.45) is 10.2. The number of nitrogens with zero attached hydrogens (tertiary/aromatic N) is 23. The quantitative estimate of drug-likeness (QED) is 0.0236. The topological polar surface area (TPSA) is 516 Å². The highest BCUT2D eigenvalue weighted by Crippen LogP contribution is 2.39. The highest BCUT2D eigenvalue weighted by Gasteiger charge is 2.47. The van der Waals surface area contributed by atoms with Crippen LogP contribution in [0.3, 0.4) is 0 Å². The molecule has 1 aliphatic heterocycles. The van der Waals surface area contributed by atoms with Crippen LogP contribution < -0.4 is 42.1 Å². The molecule has 56 heteroatoms. The van der Waals surface area contributed by atoms with Crippen LogP contribution in [0, 0.1) is 17.5 Å². The van der Waals surface area contributed by atoms with E-state index in [0.717, 1.165) is 38.1 Å². The zero-order chi connectivity index (χ0) is 103. The monoisotopic (exact) mass is 1990 g/mol. The average Bonchev–Trinajstić information content (AvgIpc) is 1.60. The molecule has 40 nitrogen and oxygen atoms in total. The van der Waals surface area contributed by atoms with Crippen LogP contribution in [-0.2, 0) is 24.0 Å². The number of likely N-dealkylation sites (N-methyl/N-ethyl adjacent to an activating group) is 2. The number of hydrogen-bond acceptors (Lipinski definition) is 30. The minimum absolute atomic E-state index is 0.114. The number of H-pyrrole nitrogens is 5. The predicted octanol–water partition coefficient (Wildman–Crippen LogP) is 12.5. The third-order valence-electron chi connectivity index (χ3n) is 21.2. The molecule has 17 rings (SSSR count). The second kappa shape index (κ2) is 42.7. The molecule has 1 aromatic carbocycles. The first-order valence-electron chi connectivity index (χ1n) is 42.2. The van der Waals surface area contributed by atoms with E-state index in [1.807, 2.05) is 16.7 Å². The number of alkyl halides is 13. The SMILES string of the molecule is CC(C)(Nc1nc(-c2c[nH]c3ncncc23)nc2ccccc12)C(=O)NCC(F)(F)F.CC(C)(Nc1nc(-c2c[nH]c3ncncc23)ncc1F)C(=O)NCCF.CC1(C(=O)NCC(F)(F)F)CCCN1c1nc(-c2c[nH]c3ncncc23)ncc1F.C[C@@H](Nc1ccnc(-c2c[nH]c3ncncc23)n1)C(=O)N(C)CC(F)(F)F.C[C@@H](Nc1nc(-c2c[nH]c3ncncc23)ncc1F)C(=O)N(C)CC(F)(F)F. The number of rotatable bonds is 25. The fourth-order valence-electron chi connectivity index (χ4n) is 14.2. The molecule has 3 atom stereocenters. The van der Waals surface area contributed by atoms with Crippen molar-refractivity contribution in [1.29, 1.82) is 0 Å². The lowest BCUT2D eigenvalue weighted by molar-refractivity contribution is -0.158. The van der Waals surface area contributed by atoms with Gasteiger partial charge in [-0.15, -0.1) is 0 Å². The predicted molar refractivity (Wildman–Crippen MR) is 483 cm³/mol. The fraction of sp³-hybridized carbons (Fsp3) is 0.314. The summed E-state index contributed by atoms with van der Waals surface area (Å²) in [5.74, 6) is -4.70. The van der Waals surface area contributed by atoms with Gasteiger partial charge in [-0.05, 0) is 79.5 Å². The molecule has 0 aliphatic carbocycles. The van der Waals surface area contributed by atoms with E-state index in [-0.39, 0.29) is 54.4 Å². The Kier molecular flexibility index (Phi) is 30.8. The maximum absolute atomic E-state index is 14.6. The third-order valence-corrected chi connectivity index (χ3v) is 21.2. The number of carbonyl (C=O) groups excluding carboxylic acids is 5. The fourth-order valence-corrected chi connectivity index (χ4v) is 14.2. The van der Waals surface area contributed by atoms with E-state index < -0.39 is 133 Å². The smallest absolute Gasteiger partial charge is 0.359 e. The lowest BCUT2D eigenvalue weighted by Gasteiger charge is -2.35. The van der Waals surface area contributed by atoms with Gasteiger partial charge < -0.3 is 76.8 Å². The minimum atomic E-state index is -4.54. The van der Waals surface area contributed by atoms with Gasteiger partial charge in [0.05, 0.1) is 24.1 Å². The molecule has 1 saturated heterocycles. The number of aromatic nitrogens is 25. The van der Waals surface area contributed by atoms with Gasteiger partial charge in [-0.2, -0.15) is 52.7 Å². The maximum atomic E-state index is 14.6. The number of para-hydroxylation sites is 1. The van der Waals surface area contributed by atoms with Gasteiger partial charge in [0.1, 0.15) is 133 Å². The van der Waals surface area contributed by atoms with E-state index >= 15 is 0 Å². The number of carbonyl (C=O) groups is 5. The summed E-state index contributed by atoms with van der Waals surface area (Å²) in [5.41, 5.74) is 2.54. The number of halogens is 16. The molecule has 0 bridgehead atoms. The molecule has 16 aromatic rings. The standard InChI is InChI=1S/C20H18F3N7O.C18H17F4N7O.C16H15F4N7O.C16H16F3N7O.C16H17F2N7O/c1-19(2,18(31)26-9-20(21,22)23)30-17-11-5-3-4-6-14(11)28-16(29-17)13-8-25-15-12(13)7-24-10-27-15;1-17(16(30)26-8-18(20,21)22)3-2-4-29(17)15-12(19)7-25-14(28-15)11-6-24-13-10(11)5-23-9-27-13;1-8(15(28)27(2)6-16(18,19)20)25-14-11(17)5-23-13(26-14)10-4-22-12-9(10)3-21-7-24-12;1-9(15(27)26(2)7-16(17,18)19)24-12-3-4-21-14(25-12)11-6-22-13-10(11)5-20-8-23-13;1-16(2,15(26)20-4-3-17)25-14-11(18)7-22-13(24-14)10-6-21-12-9(10)5-19-8-23-12/h3-8,10H,9H2,1-2H3,(H,26,31)(H,24,25,27)(H,28,29,30);5-7,9H,2-4,8H2,1H3,(H,26,30)(H,23,24,27);3-5,7-8H,6H2,1-2H3,(H,21,22,24)(H,23,25,26);3-6,8-9H,7H2,1-2H3,(H,20,22,23)(H,21,24,25);5-8H,3-4H2,1-2H3,(H,20,26)(H,19,21,23)(H,22,24,25)/t;;8-;9-;/m..11./s1. The molecule has 12 N–H and O–H groups in total. The van der Waals surface area contributed by atoms with Crippen LogP contribution in [0.1, 0.15) is 61.3 Å². The lowest BCUT2D eigenvalue weighted by Crippen LogP contribution is -2.55. The van der Waals surface area contributed by atoms with Gasteiger partial charge in [-0.1, -0.05) is 12.1 Å². The van der Waals surface area contributed by atoms with E-state index in [1.54, 1.807) is 87.8 Å². The van der Waals surface area contributed by atoms with Crippen LogP contribution in [-0.4, -0.2) is 277 Å². The summed E-state index contributed by atoms with van der Waals surface area (Å²) in [7, 11) is 2.12. The first-order chi connectivity index (χ1) is 67.1. The zero-order valence-electron chi connectivity index (χ0n) is 75.7. The van der Waals surface area contributed by atoms with Crippen LogP contribution in [0.5, 0.6) is 0 Å². The Labute approximate surface area is 790 Å². The van der Waals surface area contributed by atoms with E-state index in [0.29, 0.717) is 128 Å². The lowest BCUT2D eigenvalue weighted by atomic mass is 9.97. The molecule has 0 saturated carbocycles. The molecular formula is C86H83F16N35O5. The van der Waals surface area contributed by atoms with E-state index in [1.165, 1.54) is 89.6 Å². The molecule has 0 spiro atoms. The normalized spacial score (nSPS) is 13.9. The molecule has 15 aromatic heterocycles. The Balaban J connectivity index is 0.000000149. The van der Waals surface area contributed by atoms with E-state index in [9.17, 15) is 94.2 Å². The van der Waals surface area contributed by atoms with Crippen LogP contribution >= 0.6 is 0 Å². The third kappa shape index (κ3) is 25.2. The summed E-state index contributed by atoms with van der Waals surface area (Å²) in [4.78, 5) is 161. The number of fused-ring (bicyclic) bond motifs is 6. The van der Waals surface area contributed by atoms with Crippen molar-refractivity contribution in [3.8, 4) is 56.9 Å². The largest absolute Gasteiger partial charge is 0.406 e. The summed E-state index contributed by atoms with van der Waals surface area (Å²) in [5, 5.41) is 21.2. The number of anilines is 5. The summed E-state index contributed by atoms with van der Waals surface area (Å²) in [6.45, 7) is 4.18. The maximum Gasteiger partial charge on any atom is 0.406 e. The van der Waals surface area contributed by atoms with Gasteiger partial charge in [0.25, 0.3) is 0 Å². The summed E-state index contributed by atoms with van der Waals surface area (Å²) < 4.78 is 205. The molecule has 142 heavy (non-hydrogen) atoms. The minimum Gasteiger partial charge on any atom is -0.359 e. The van der Waals surface area contributed by atoms with Crippen molar-refractivity contribution >= 4 is 125 Å². The van der Waals surface area contributed by atoms with Crippen molar-refractivity contribution in [2.75, 3.05) is 86.2 Å². The number of aromatic amines is 5. The summed E-state index contributed by atoms with van der Waals surface area (Å²) >= 11 is 0. The second-order valence-corrected chi connectivity index (χ2v) is 32.7. The van der Waals surface area contributed by atoms with Crippen molar-refractivity contribution in [2.45, 2.75) is 115 Å². The van der Waals surface area contributed by atoms with Gasteiger partial charge in [0.15, 0.2) is 64.0 Å². The van der Waals surface area contributed by atoms with Crippen LogP contribution in [0.2, 0.25) is 0 Å². The van der Waals surface area contributed by atoms with E-state index in [2.05, 4.69) is 151 Å². The molecule has 1 fully saturated rings.